The second-order valence-electron chi connectivity index (χ2n) is 8.96. The van der Waals surface area contributed by atoms with Gasteiger partial charge in [0.15, 0.2) is 0 Å². The van der Waals surface area contributed by atoms with E-state index in [0.717, 1.165) is 18.4 Å². The molecule has 4 heteroatoms. The molecule has 3 atom stereocenters. The molecule has 1 amide bonds. The maximum Gasteiger partial charge on any atom is 0.407 e. The van der Waals surface area contributed by atoms with Crippen LogP contribution in [-0.2, 0) is 4.74 Å². The van der Waals surface area contributed by atoms with Crippen LogP contribution < -0.4 is 10.6 Å². The molecule has 0 radical (unpaired) electrons. The fourth-order valence-electron chi connectivity index (χ4n) is 4.00. The summed E-state index contributed by atoms with van der Waals surface area (Å²) < 4.78 is 5.42. The molecule has 3 rings (SSSR count). The number of hydrogen-bond donors (Lipinski definition) is 2. The Kier molecular flexibility index (Phi) is 5.19. The molecule has 3 aliphatic carbocycles. The summed E-state index contributed by atoms with van der Waals surface area (Å²) in [6.07, 6.45) is 10.6. The lowest BCUT2D eigenvalue weighted by Crippen LogP contribution is -2.48. The molecule has 3 unspecified atom stereocenters. The van der Waals surface area contributed by atoms with Gasteiger partial charge in [-0.2, -0.15) is 0 Å². The lowest BCUT2D eigenvalue weighted by molar-refractivity contribution is 0.0495. The van der Waals surface area contributed by atoms with E-state index < -0.39 is 5.60 Å². The third-order valence-corrected chi connectivity index (χ3v) is 5.52. The number of ether oxygens (including phenoxy) is 1. The van der Waals surface area contributed by atoms with Crippen LogP contribution >= 0.6 is 0 Å². The van der Waals surface area contributed by atoms with Crippen molar-refractivity contribution in [3.05, 3.63) is 0 Å². The highest BCUT2D eigenvalue weighted by molar-refractivity contribution is 5.68. The van der Waals surface area contributed by atoms with Crippen molar-refractivity contribution >= 4 is 6.09 Å². The molecular formula is C19H34N2O2. The maximum atomic E-state index is 12.0. The average molecular weight is 322 g/mol. The zero-order valence-electron chi connectivity index (χ0n) is 15.1. The number of nitrogens with one attached hydrogen (secondary N) is 2. The molecule has 23 heavy (non-hydrogen) atoms. The number of alkyl carbamates (subject to hydrolysis) is 1. The van der Waals surface area contributed by atoms with Crippen molar-refractivity contribution < 1.29 is 9.53 Å². The van der Waals surface area contributed by atoms with E-state index >= 15 is 0 Å². The molecule has 0 aromatic heterocycles. The van der Waals surface area contributed by atoms with Gasteiger partial charge in [-0.3, -0.25) is 0 Å². The summed E-state index contributed by atoms with van der Waals surface area (Å²) in [7, 11) is 0. The van der Waals surface area contributed by atoms with Crippen molar-refractivity contribution in [3.63, 3.8) is 0 Å². The zero-order chi connectivity index (χ0) is 16.4. The monoisotopic (exact) mass is 322 g/mol. The summed E-state index contributed by atoms with van der Waals surface area (Å²) >= 11 is 0. The smallest absolute Gasteiger partial charge is 0.407 e. The van der Waals surface area contributed by atoms with Crippen LogP contribution in [0.25, 0.3) is 0 Å². The normalized spacial score (nSPS) is 29.9. The molecule has 0 aromatic rings. The summed E-state index contributed by atoms with van der Waals surface area (Å²) in [5, 5.41) is 6.85. The van der Waals surface area contributed by atoms with Gasteiger partial charge in [-0.15, -0.1) is 0 Å². The average Bonchev–Trinajstić information content (AvgIpc) is 3.35. The van der Waals surface area contributed by atoms with Crippen LogP contribution in [-0.4, -0.2) is 30.3 Å². The predicted octanol–water partition coefficient (Wildman–Crippen LogP) is 3.85. The Morgan fingerprint density at radius 3 is 2.43 bits per heavy atom. The van der Waals surface area contributed by atoms with Crippen molar-refractivity contribution in [1.82, 2.24) is 10.6 Å². The van der Waals surface area contributed by atoms with Gasteiger partial charge in [-0.25, -0.2) is 4.79 Å². The van der Waals surface area contributed by atoms with Crippen LogP contribution in [0.4, 0.5) is 4.79 Å². The van der Waals surface area contributed by atoms with E-state index in [1.807, 2.05) is 20.8 Å². The van der Waals surface area contributed by atoms with Crippen LogP contribution in [0.2, 0.25) is 0 Å². The molecule has 3 fully saturated rings. The first-order valence-electron chi connectivity index (χ1n) is 9.63. The first kappa shape index (κ1) is 17.1. The van der Waals surface area contributed by atoms with E-state index in [2.05, 4.69) is 10.6 Å². The second kappa shape index (κ2) is 7.00. The van der Waals surface area contributed by atoms with Gasteiger partial charge < -0.3 is 15.4 Å². The fraction of sp³-hybridized carbons (Fsp3) is 0.947. The molecular weight excluding hydrogens is 288 g/mol. The molecule has 3 aliphatic rings. The van der Waals surface area contributed by atoms with Gasteiger partial charge in [0.2, 0.25) is 0 Å². The number of carbonyl (C=O) groups is 1. The molecule has 2 N–H and O–H groups in total. The molecule has 0 spiro atoms. The lowest BCUT2D eigenvalue weighted by atomic mass is 9.82. The molecule has 0 aliphatic heterocycles. The largest absolute Gasteiger partial charge is 0.444 e. The first-order valence-corrected chi connectivity index (χ1v) is 9.63. The Labute approximate surface area is 141 Å². The molecule has 4 nitrogen and oxygen atoms in total. The molecule has 0 saturated heterocycles. The maximum absolute atomic E-state index is 12.0. The zero-order valence-corrected chi connectivity index (χ0v) is 15.1. The van der Waals surface area contributed by atoms with Gasteiger partial charge >= 0.3 is 6.09 Å². The minimum atomic E-state index is -0.424. The summed E-state index contributed by atoms with van der Waals surface area (Å²) in [6.45, 7) is 6.64. The van der Waals surface area contributed by atoms with Crippen LogP contribution in [0, 0.1) is 17.8 Å². The first-order chi connectivity index (χ1) is 10.9. The van der Waals surface area contributed by atoms with Crippen LogP contribution in [0.1, 0.15) is 72.1 Å². The Morgan fingerprint density at radius 2 is 1.83 bits per heavy atom. The van der Waals surface area contributed by atoms with Crippen molar-refractivity contribution in [2.24, 2.45) is 17.8 Å². The predicted molar refractivity (Wildman–Crippen MR) is 92.4 cm³/mol. The van der Waals surface area contributed by atoms with E-state index in [0.29, 0.717) is 12.0 Å². The lowest BCUT2D eigenvalue weighted by Gasteiger charge is -2.31. The molecule has 0 bridgehead atoms. The van der Waals surface area contributed by atoms with Crippen molar-refractivity contribution in [2.75, 3.05) is 6.54 Å². The topological polar surface area (TPSA) is 50.4 Å². The molecule has 132 valence electrons. The minimum Gasteiger partial charge on any atom is -0.444 e. The summed E-state index contributed by atoms with van der Waals surface area (Å²) in [5.74, 6) is 2.62. The Bertz CT molecular complexity index is 410. The van der Waals surface area contributed by atoms with E-state index in [1.165, 1.54) is 51.4 Å². The fourth-order valence-corrected chi connectivity index (χ4v) is 4.00. The van der Waals surface area contributed by atoms with Crippen molar-refractivity contribution in [3.8, 4) is 0 Å². The highest BCUT2D eigenvalue weighted by Gasteiger charge is 2.36. The van der Waals surface area contributed by atoms with E-state index in [4.69, 9.17) is 4.74 Å². The standard InChI is InChI=1S/C19H34N2O2/c1-19(2,3)23-18(22)21-17(14-9-10-14)12-20-16-6-4-5-15(11-16)13-7-8-13/h13-17,20H,4-12H2,1-3H3,(H,21,22). The van der Waals surface area contributed by atoms with Crippen LogP contribution in [0.3, 0.4) is 0 Å². The third kappa shape index (κ3) is 5.66. The molecule has 0 aromatic carbocycles. The highest BCUT2D eigenvalue weighted by atomic mass is 16.6. The Hall–Kier alpha value is -0.770. The number of amides is 1. The third-order valence-electron chi connectivity index (χ3n) is 5.52. The van der Waals surface area contributed by atoms with Gasteiger partial charge in [-0.1, -0.05) is 12.8 Å². The SMILES string of the molecule is CC(C)(C)OC(=O)NC(CNC1CCCC(C2CC2)C1)C1CC1. The number of carbonyl (C=O) groups excluding carboxylic acids is 1. The summed E-state index contributed by atoms with van der Waals surface area (Å²) in [4.78, 5) is 12.0. The highest BCUT2D eigenvalue weighted by Crippen LogP contribution is 2.44. The van der Waals surface area contributed by atoms with Crippen molar-refractivity contribution in [2.45, 2.75) is 89.8 Å². The van der Waals surface area contributed by atoms with Gasteiger partial charge in [0.05, 0.1) is 0 Å². The van der Waals surface area contributed by atoms with Crippen LogP contribution in [0.5, 0.6) is 0 Å². The quantitative estimate of drug-likeness (QED) is 0.781. The van der Waals surface area contributed by atoms with E-state index in [-0.39, 0.29) is 12.1 Å². The van der Waals surface area contributed by atoms with E-state index in [1.54, 1.807) is 0 Å². The minimum absolute atomic E-state index is 0.228. The Morgan fingerprint density at radius 1 is 1.09 bits per heavy atom. The second-order valence-corrected chi connectivity index (χ2v) is 8.96. The van der Waals surface area contributed by atoms with Gasteiger partial charge in [0, 0.05) is 18.6 Å². The number of rotatable bonds is 6. The molecule has 0 heterocycles. The number of hydrogen-bond acceptors (Lipinski definition) is 3. The van der Waals surface area contributed by atoms with Crippen molar-refractivity contribution in [1.29, 1.82) is 0 Å². The Balaban J connectivity index is 1.43. The van der Waals surface area contributed by atoms with Gasteiger partial charge in [0.1, 0.15) is 5.60 Å². The van der Waals surface area contributed by atoms with Crippen LogP contribution in [0.15, 0.2) is 0 Å². The van der Waals surface area contributed by atoms with E-state index in [9.17, 15) is 4.79 Å². The van der Waals surface area contributed by atoms with Gasteiger partial charge in [-0.05, 0) is 77.0 Å². The summed E-state index contributed by atoms with van der Waals surface area (Å²) in [5.41, 5.74) is -0.424. The molecule has 3 saturated carbocycles. The van der Waals surface area contributed by atoms with Gasteiger partial charge in [0.25, 0.3) is 0 Å². The summed E-state index contributed by atoms with van der Waals surface area (Å²) in [6, 6.07) is 0.877.